The molecule has 176 valence electrons. The first kappa shape index (κ1) is 24.0. The molecule has 7 nitrogen and oxygen atoms in total. The van der Waals surface area contributed by atoms with E-state index in [1.165, 1.54) is 16.6 Å². The molecule has 9 heteroatoms. The number of allylic oxidation sites excluding steroid dienone is 1. The highest BCUT2D eigenvalue weighted by atomic mass is 32.2. The van der Waals surface area contributed by atoms with Crippen LogP contribution in [0.4, 0.5) is 5.00 Å². The van der Waals surface area contributed by atoms with Crippen LogP contribution in [0.15, 0.2) is 42.1 Å². The number of benzene rings is 1. The van der Waals surface area contributed by atoms with Gasteiger partial charge in [0.05, 0.1) is 18.4 Å². The van der Waals surface area contributed by atoms with Crippen molar-refractivity contribution in [3.63, 3.8) is 0 Å². The number of amides is 1. The summed E-state index contributed by atoms with van der Waals surface area (Å²) < 4.78 is 7.16. The molecule has 0 saturated heterocycles. The van der Waals surface area contributed by atoms with Gasteiger partial charge >= 0.3 is 0 Å². The molecule has 34 heavy (non-hydrogen) atoms. The number of carbonyl (C=O) groups is 1. The summed E-state index contributed by atoms with van der Waals surface area (Å²) in [5.41, 5.74) is 2.65. The van der Waals surface area contributed by atoms with Crippen molar-refractivity contribution < 1.29 is 9.53 Å². The van der Waals surface area contributed by atoms with Crippen LogP contribution in [0.3, 0.4) is 0 Å². The number of nitrogens with one attached hydrogen (secondary N) is 1. The Balaban J connectivity index is 1.46. The number of nitrogens with zero attached hydrogens (tertiary/aromatic N) is 4. The number of thiophene rings is 1. The van der Waals surface area contributed by atoms with E-state index in [0.29, 0.717) is 34.0 Å². The predicted octanol–water partition coefficient (Wildman–Crippen LogP) is 5.32. The van der Waals surface area contributed by atoms with Crippen molar-refractivity contribution >= 4 is 34.0 Å². The number of rotatable bonds is 9. The topological polar surface area (TPSA) is 92.8 Å². The number of nitriles is 1. The molecule has 1 atom stereocenters. The molecule has 1 aromatic carbocycles. The number of carbonyl (C=O) groups excluding carboxylic acids is 1. The number of methoxy groups -OCH3 is 1. The van der Waals surface area contributed by atoms with E-state index in [2.05, 4.69) is 35.1 Å². The third-order valence-corrected chi connectivity index (χ3v) is 8.16. The summed E-state index contributed by atoms with van der Waals surface area (Å²) in [4.78, 5) is 14.0. The van der Waals surface area contributed by atoms with Crippen molar-refractivity contribution in [1.29, 1.82) is 5.26 Å². The standard InChI is InChI=1S/C25H27N5O2S2/c1-4-12-30-23(17-7-9-18(32-3)10-8-17)28-29-25(30)33-15-22(31)27-24-20(14-26)19-11-6-16(5-2)13-21(19)34-24/h4,7-10,16H,1,5-6,11-13,15H2,2-3H3,(H,27,31). The Kier molecular flexibility index (Phi) is 7.70. The first-order valence-electron chi connectivity index (χ1n) is 11.2. The second-order valence-electron chi connectivity index (χ2n) is 8.11. The van der Waals surface area contributed by atoms with E-state index in [9.17, 15) is 10.1 Å². The summed E-state index contributed by atoms with van der Waals surface area (Å²) in [5, 5.41) is 22.6. The van der Waals surface area contributed by atoms with Gasteiger partial charge in [0.15, 0.2) is 11.0 Å². The van der Waals surface area contributed by atoms with E-state index in [0.717, 1.165) is 42.6 Å². The normalized spacial score (nSPS) is 14.8. The van der Waals surface area contributed by atoms with E-state index in [1.54, 1.807) is 24.5 Å². The average Bonchev–Trinajstić information content (AvgIpc) is 3.42. The van der Waals surface area contributed by atoms with E-state index in [-0.39, 0.29) is 11.7 Å². The average molecular weight is 494 g/mol. The fraction of sp³-hybridized carbons (Fsp3) is 0.360. The first-order chi connectivity index (χ1) is 16.6. The first-order valence-corrected chi connectivity index (χ1v) is 13.0. The maximum atomic E-state index is 12.8. The molecule has 0 bridgehead atoms. The lowest BCUT2D eigenvalue weighted by atomic mass is 9.86. The highest BCUT2D eigenvalue weighted by Crippen LogP contribution is 2.40. The van der Waals surface area contributed by atoms with Gasteiger partial charge in [0, 0.05) is 17.0 Å². The Morgan fingerprint density at radius 3 is 2.88 bits per heavy atom. The van der Waals surface area contributed by atoms with Gasteiger partial charge in [-0.15, -0.1) is 28.1 Å². The van der Waals surface area contributed by atoms with Crippen molar-refractivity contribution in [1.82, 2.24) is 14.8 Å². The molecule has 1 aliphatic rings. The highest BCUT2D eigenvalue weighted by molar-refractivity contribution is 7.99. The van der Waals surface area contributed by atoms with Crippen molar-refractivity contribution in [2.75, 3.05) is 18.2 Å². The SMILES string of the molecule is C=CCn1c(SCC(=O)Nc2sc3c(c2C#N)CCC(CC)C3)nnc1-c1ccc(OC)cc1. The molecule has 1 aliphatic carbocycles. The summed E-state index contributed by atoms with van der Waals surface area (Å²) in [7, 11) is 1.63. The number of aromatic nitrogens is 3. The predicted molar refractivity (Wildman–Crippen MR) is 136 cm³/mol. The largest absolute Gasteiger partial charge is 0.497 e. The number of thioether (sulfide) groups is 1. The van der Waals surface area contributed by atoms with E-state index >= 15 is 0 Å². The van der Waals surface area contributed by atoms with Crippen LogP contribution in [0.1, 0.15) is 35.8 Å². The second kappa shape index (κ2) is 10.9. The lowest BCUT2D eigenvalue weighted by Crippen LogP contribution is -2.15. The highest BCUT2D eigenvalue weighted by Gasteiger charge is 2.26. The summed E-state index contributed by atoms with van der Waals surface area (Å²) in [6.45, 7) is 6.57. The monoisotopic (exact) mass is 493 g/mol. The quantitative estimate of drug-likeness (QED) is 0.320. The minimum absolute atomic E-state index is 0.161. The Morgan fingerprint density at radius 2 is 2.21 bits per heavy atom. The maximum absolute atomic E-state index is 12.8. The van der Waals surface area contributed by atoms with Crippen LogP contribution in [-0.2, 0) is 24.2 Å². The van der Waals surface area contributed by atoms with Crippen LogP contribution < -0.4 is 10.1 Å². The van der Waals surface area contributed by atoms with Gasteiger partial charge in [-0.05, 0) is 55.0 Å². The minimum Gasteiger partial charge on any atom is -0.497 e. The molecule has 0 spiro atoms. The molecule has 0 aliphatic heterocycles. The molecule has 1 N–H and O–H groups in total. The van der Waals surface area contributed by atoms with Gasteiger partial charge in [0.2, 0.25) is 5.91 Å². The molecule has 2 heterocycles. The molecule has 2 aromatic heterocycles. The van der Waals surface area contributed by atoms with Crippen LogP contribution in [0.5, 0.6) is 5.75 Å². The number of hydrogen-bond acceptors (Lipinski definition) is 7. The van der Waals surface area contributed by atoms with Gasteiger partial charge in [-0.2, -0.15) is 5.26 Å². The van der Waals surface area contributed by atoms with Gasteiger partial charge in [0.25, 0.3) is 0 Å². The summed E-state index contributed by atoms with van der Waals surface area (Å²) >= 11 is 2.87. The van der Waals surface area contributed by atoms with Crippen LogP contribution in [-0.4, -0.2) is 33.5 Å². The Morgan fingerprint density at radius 1 is 1.41 bits per heavy atom. The number of fused-ring (bicyclic) bond motifs is 1. The van der Waals surface area contributed by atoms with Crippen molar-refractivity contribution in [2.24, 2.45) is 5.92 Å². The van der Waals surface area contributed by atoms with Crippen LogP contribution in [0.2, 0.25) is 0 Å². The number of anilines is 1. The zero-order valence-corrected chi connectivity index (χ0v) is 21.0. The third-order valence-electron chi connectivity index (χ3n) is 6.02. The van der Waals surface area contributed by atoms with Crippen LogP contribution >= 0.6 is 23.1 Å². The van der Waals surface area contributed by atoms with Gasteiger partial charge in [-0.3, -0.25) is 9.36 Å². The van der Waals surface area contributed by atoms with Gasteiger partial charge < -0.3 is 10.1 Å². The smallest absolute Gasteiger partial charge is 0.235 e. The molecular formula is C25H27N5O2S2. The maximum Gasteiger partial charge on any atom is 0.235 e. The zero-order chi connectivity index (χ0) is 24.1. The van der Waals surface area contributed by atoms with Crippen molar-refractivity contribution in [3.05, 3.63) is 52.9 Å². The van der Waals surface area contributed by atoms with Gasteiger partial charge in [-0.25, -0.2) is 0 Å². The molecule has 0 fully saturated rings. The lowest BCUT2D eigenvalue weighted by molar-refractivity contribution is -0.113. The van der Waals surface area contributed by atoms with E-state index in [4.69, 9.17) is 4.74 Å². The summed E-state index contributed by atoms with van der Waals surface area (Å²) in [6, 6.07) is 9.91. The lowest BCUT2D eigenvalue weighted by Gasteiger charge is -2.20. The summed E-state index contributed by atoms with van der Waals surface area (Å²) in [6.07, 6.45) is 5.93. The third kappa shape index (κ3) is 5.03. The molecular weight excluding hydrogens is 466 g/mol. The van der Waals surface area contributed by atoms with E-state index < -0.39 is 0 Å². The van der Waals surface area contributed by atoms with Crippen molar-refractivity contribution in [3.8, 4) is 23.2 Å². The van der Waals surface area contributed by atoms with Crippen molar-refractivity contribution in [2.45, 2.75) is 44.3 Å². The van der Waals surface area contributed by atoms with Gasteiger partial charge in [-0.1, -0.05) is 31.2 Å². The number of hydrogen-bond donors (Lipinski definition) is 1. The molecule has 0 radical (unpaired) electrons. The molecule has 4 rings (SSSR count). The van der Waals surface area contributed by atoms with E-state index in [1.807, 2.05) is 28.8 Å². The fourth-order valence-corrected chi connectivity index (χ4v) is 6.22. The molecule has 3 aromatic rings. The second-order valence-corrected chi connectivity index (χ2v) is 10.2. The Bertz CT molecular complexity index is 1220. The fourth-order valence-electron chi connectivity index (χ4n) is 4.14. The van der Waals surface area contributed by atoms with Gasteiger partial charge in [0.1, 0.15) is 16.8 Å². The molecule has 1 amide bonds. The Labute approximate surface area is 207 Å². The summed E-state index contributed by atoms with van der Waals surface area (Å²) in [5.74, 6) is 2.14. The zero-order valence-electron chi connectivity index (χ0n) is 19.3. The minimum atomic E-state index is -0.161. The van der Waals surface area contributed by atoms with Crippen LogP contribution in [0.25, 0.3) is 11.4 Å². The number of ether oxygens (including phenoxy) is 1. The Hall–Kier alpha value is -3.09. The van der Waals surface area contributed by atoms with Crippen LogP contribution in [0, 0.1) is 17.2 Å². The molecule has 0 saturated carbocycles. The molecule has 1 unspecified atom stereocenters.